The molecule has 1 aliphatic rings. The molecule has 1 fully saturated rings. The van der Waals surface area contributed by atoms with Crippen LogP contribution in [0.2, 0.25) is 0 Å². The van der Waals surface area contributed by atoms with Crippen molar-refractivity contribution in [3.8, 4) is 0 Å². The van der Waals surface area contributed by atoms with Crippen LogP contribution in [0.4, 0.5) is 0 Å². The van der Waals surface area contributed by atoms with Gasteiger partial charge in [-0.15, -0.1) is 0 Å². The smallest absolute Gasteiger partial charge is 0.136 e. The Kier molecular flexibility index (Phi) is 4.54. The summed E-state index contributed by atoms with van der Waals surface area (Å²) < 4.78 is 0. The molecular weight excluding hydrogens is 198 g/mol. The van der Waals surface area contributed by atoms with Crippen molar-refractivity contribution in [3.05, 3.63) is 0 Å². The van der Waals surface area contributed by atoms with Gasteiger partial charge in [-0.1, -0.05) is 33.6 Å². The number of Topliss-reactive ketones (excluding diaryl/α,β-unsaturated/α-hetero) is 1. The minimum absolute atomic E-state index is 0.199. The Hall–Kier alpha value is -0.370. The van der Waals surface area contributed by atoms with Crippen molar-refractivity contribution in [1.29, 1.82) is 0 Å². The molecule has 2 nitrogen and oxygen atoms in total. The molecule has 0 saturated heterocycles. The van der Waals surface area contributed by atoms with Crippen molar-refractivity contribution in [2.45, 2.75) is 59.4 Å². The summed E-state index contributed by atoms with van der Waals surface area (Å²) in [5, 5.41) is 0. The summed E-state index contributed by atoms with van der Waals surface area (Å²) in [6.45, 7) is 9.04. The summed E-state index contributed by atoms with van der Waals surface area (Å²) in [7, 11) is 2.17. The molecule has 0 spiro atoms. The number of carbonyl (C=O) groups excluding carboxylic acids is 1. The zero-order valence-electron chi connectivity index (χ0n) is 11.5. The number of nitrogens with zero attached hydrogens (tertiary/aromatic N) is 1. The average molecular weight is 225 g/mol. The minimum Gasteiger partial charge on any atom is -0.302 e. The van der Waals surface area contributed by atoms with Crippen LogP contribution in [0.25, 0.3) is 0 Å². The lowest BCUT2D eigenvalue weighted by Gasteiger charge is -2.37. The molecule has 0 aliphatic heterocycles. The monoisotopic (exact) mass is 225 g/mol. The molecule has 0 heterocycles. The van der Waals surface area contributed by atoms with Crippen molar-refractivity contribution in [2.75, 3.05) is 13.6 Å². The molecule has 0 radical (unpaired) electrons. The lowest BCUT2D eigenvalue weighted by Crippen LogP contribution is -2.43. The maximum absolute atomic E-state index is 11.5. The van der Waals surface area contributed by atoms with Crippen LogP contribution in [-0.2, 0) is 4.79 Å². The average Bonchev–Trinajstić information content (AvgIpc) is 2.16. The Balaban J connectivity index is 2.51. The number of carbonyl (C=O) groups is 1. The van der Waals surface area contributed by atoms with E-state index in [2.05, 4.69) is 32.7 Å². The van der Waals surface area contributed by atoms with Gasteiger partial charge in [-0.05, 0) is 32.7 Å². The van der Waals surface area contributed by atoms with Crippen LogP contribution in [-0.4, -0.2) is 30.3 Å². The van der Waals surface area contributed by atoms with Gasteiger partial charge < -0.3 is 4.90 Å². The van der Waals surface area contributed by atoms with Gasteiger partial charge >= 0.3 is 0 Å². The van der Waals surface area contributed by atoms with Gasteiger partial charge in [-0.2, -0.15) is 0 Å². The lowest BCUT2D eigenvalue weighted by atomic mass is 9.84. The summed E-state index contributed by atoms with van der Waals surface area (Å²) in [5.74, 6) is 1.14. The molecule has 2 heteroatoms. The van der Waals surface area contributed by atoms with E-state index in [1.54, 1.807) is 6.92 Å². The van der Waals surface area contributed by atoms with Gasteiger partial charge in [0.1, 0.15) is 5.78 Å². The Bertz CT molecular complexity index is 247. The van der Waals surface area contributed by atoms with E-state index < -0.39 is 0 Å². The van der Waals surface area contributed by atoms with E-state index in [4.69, 9.17) is 0 Å². The van der Waals surface area contributed by atoms with Gasteiger partial charge in [-0.3, -0.25) is 4.79 Å². The fraction of sp³-hybridized carbons (Fsp3) is 0.929. The van der Waals surface area contributed by atoms with E-state index >= 15 is 0 Å². The summed E-state index contributed by atoms with van der Waals surface area (Å²) in [5.41, 5.74) is -0.199. The number of hydrogen-bond acceptors (Lipinski definition) is 2. The van der Waals surface area contributed by atoms with Gasteiger partial charge in [0.25, 0.3) is 0 Å². The summed E-state index contributed by atoms with van der Waals surface area (Å²) in [6.07, 6.45) is 5.32. The van der Waals surface area contributed by atoms with Crippen LogP contribution < -0.4 is 0 Å². The van der Waals surface area contributed by atoms with E-state index in [0.717, 1.165) is 12.5 Å². The van der Waals surface area contributed by atoms with Crippen LogP contribution in [0.3, 0.4) is 0 Å². The van der Waals surface area contributed by atoms with Gasteiger partial charge in [0.05, 0.1) is 0 Å². The third-order valence-electron chi connectivity index (χ3n) is 4.13. The number of ketones is 1. The normalized spacial score (nSPS) is 27.1. The van der Waals surface area contributed by atoms with Crippen LogP contribution >= 0.6 is 0 Å². The van der Waals surface area contributed by atoms with Crippen LogP contribution in [0.5, 0.6) is 0 Å². The topological polar surface area (TPSA) is 20.3 Å². The van der Waals surface area contributed by atoms with E-state index in [1.165, 1.54) is 25.7 Å². The molecule has 2 atom stereocenters. The molecule has 0 N–H and O–H groups in total. The highest BCUT2D eigenvalue weighted by Gasteiger charge is 2.29. The Labute approximate surface area is 100 Å². The first-order valence-electron chi connectivity index (χ1n) is 6.54. The predicted molar refractivity (Wildman–Crippen MR) is 68.5 cm³/mol. The summed E-state index contributed by atoms with van der Waals surface area (Å²) in [6, 6.07) is 0.683. The number of rotatable bonds is 4. The highest BCUT2D eigenvalue weighted by molar-refractivity contribution is 5.81. The lowest BCUT2D eigenvalue weighted by molar-refractivity contribution is -0.126. The van der Waals surface area contributed by atoms with Crippen molar-refractivity contribution in [3.63, 3.8) is 0 Å². The van der Waals surface area contributed by atoms with Crippen LogP contribution in [0.15, 0.2) is 0 Å². The van der Waals surface area contributed by atoms with Gasteiger partial charge in [0, 0.05) is 18.0 Å². The van der Waals surface area contributed by atoms with Crippen molar-refractivity contribution in [2.24, 2.45) is 11.3 Å². The first kappa shape index (κ1) is 13.7. The molecule has 0 aromatic rings. The third kappa shape index (κ3) is 3.58. The molecule has 0 bridgehead atoms. The van der Waals surface area contributed by atoms with Crippen molar-refractivity contribution < 1.29 is 4.79 Å². The van der Waals surface area contributed by atoms with E-state index in [1.807, 2.05) is 0 Å². The molecule has 0 amide bonds. The quantitative estimate of drug-likeness (QED) is 0.732. The fourth-order valence-electron chi connectivity index (χ4n) is 2.67. The molecule has 16 heavy (non-hydrogen) atoms. The maximum Gasteiger partial charge on any atom is 0.136 e. The summed E-state index contributed by atoms with van der Waals surface area (Å²) >= 11 is 0. The largest absolute Gasteiger partial charge is 0.302 e. The highest BCUT2D eigenvalue weighted by Crippen LogP contribution is 2.28. The molecule has 0 aromatic carbocycles. The standard InChI is InChI=1S/C14H27NO/c1-11-7-6-8-13(9-11)15(5)10-14(3,4)12(2)16/h11,13H,6-10H2,1-5H3. The minimum atomic E-state index is -0.199. The second-order valence-corrected chi connectivity index (χ2v) is 6.28. The van der Waals surface area contributed by atoms with Crippen LogP contribution in [0.1, 0.15) is 53.4 Å². The first-order chi connectivity index (χ1) is 7.33. The van der Waals surface area contributed by atoms with Crippen molar-refractivity contribution >= 4 is 5.78 Å². The second kappa shape index (κ2) is 5.31. The molecule has 2 unspecified atom stereocenters. The van der Waals surface area contributed by atoms with Crippen LogP contribution in [0, 0.1) is 11.3 Å². The zero-order chi connectivity index (χ0) is 12.3. The summed E-state index contributed by atoms with van der Waals surface area (Å²) in [4.78, 5) is 13.9. The maximum atomic E-state index is 11.5. The molecule has 94 valence electrons. The predicted octanol–water partition coefficient (Wildman–Crippen LogP) is 3.11. The molecular formula is C14H27NO. The zero-order valence-corrected chi connectivity index (χ0v) is 11.5. The molecule has 1 saturated carbocycles. The van der Waals surface area contributed by atoms with Gasteiger partial charge in [0.2, 0.25) is 0 Å². The van der Waals surface area contributed by atoms with Gasteiger partial charge in [-0.25, -0.2) is 0 Å². The third-order valence-corrected chi connectivity index (χ3v) is 4.13. The van der Waals surface area contributed by atoms with Gasteiger partial charge in [0.15, 0.2) is 0 Å². The Morgan fingerprint density at radius 1 is 1.38 bits per heavy atom. The van der Waals surface area contributed by atoms with E-state index in [0.29, 0.717) is 11.8 Å². The number of hydrogen-bond donors (Lipinski definition) is 0. The van der Waals surface area contributed by atoms with E-state index in [-0.39, 0.29) is 5.41 Å². The second-order valence-electron chi connectivity index (χ2n) is 6.28. The van der Waals surface area contributed by atoms with Crippen molar-refractivity contribution in [1.82, 2.24) is 4.90 Å². The molecule has 1 aliphatic carbocycles. The molecule has 1 rings (SSSR count). The Morgan fingerprint density at radius 2 is 2.00 bits per heavy atom. The van der Waals surface area contributed by atoms with E-state index in [9.17, 15) is 4.79 Å². The SMILES string of the molecule is CC(=O)C(C)(C)CN(C)C1CCCC(C)C1. The Morgan fingerprint density at radius 3 is 2.50 bits per heavy atom. The fourth-order valence-corrected chi connectivity index (χ4v) is 2.67. The highest BCUT2D eigenvalue weighted by atomic mass is 16.1. The molecule has 0 aromatic heterocycles. The first-order valence-corrected chi connectivity index (χ1v) is 6.54.